The van der Waals surface area contributed by atoms with Gasteiger partial charge in [0.1, 0.15) is 22.6 Å². The number of hydrogen-bond donors (Lipinski definition) is 4. The van der Waals surface area contributed by atoms with Crippen LogP contribution >= 0.6 is 11.3 Å². The van der Waals surface area contributed by atoms with E-state index in [0.29, 0.717) is 27.7 Å². The lowest BCUT2D eigenvalue weighted by atomic mass is 9.91. The minimum absolute atomic E-state index is 0.0872. The molecule has 10 heteroatoms. The van der Waals surface area contributed by atoms with Gasteiger partial charge in [0.25, 0.3) is 0 Å². The minimum Gasteiger partial charge on any atom is -0.457 e. The summed E-state index contributed by atoms with van der Waals surface area (Å²) in [4.78, 5) is 32.5. The number of urea groups is 1. The van der Waals surface area contributed by atoms with Crippen molar-refractivity contribution in [3.63, 3.8) is 0 Å². The lowest BCUT2D eigenvalue weighted by Crippen LogP contribution is -2.42. The number of pyridine rings is 1. The van der Waals surface area contributed by atoms with E-state index in [1.165, 1.54) is 17.4 Å². The molecule has 2 aromatic carbocycles. The summed E-state index contributed by atoms with van der Waals surface area (Å²) in [5.41, 5.74) is 1.97. The number of ether oxygens (including phenoxy) is 1. The van der Waals surface area contributed by atoms with E-state index < -0.39 is 6.23 Å². The molecular formula is C30H29N5O4S. The fraction of sp³-hybridized carbons (Fsp3) is 0.233. The molecular weight excluding hydrogens is 526 g/mol. The van der Waals surface area contributed by atoms with Crippen molar-refractivity contribution in [1.29, 1.82) is 0 Å². The molecule has 4 aromatic rings. The lowest BCUT2D eigenvalue weighted by molar-refractivity contribution is -0.117. The summed E-state index contributed by atoms with van der Waals surface area (Å²) in [6.07, 6.45) is 5.26. The number of aromatic nitrogens is 1. The fourth-order valence-corrected chi connectivity index (χ4v) is 6.37. The van der Waals surface area contributed by atoms with Gasteiger partial charge in [-0.3, -0.25) is 15.0 Å². The van der Waals surface area contributed by atoms with E-state index in [4.69, 9.17) is 4.74 Å². The topological polar surface area (TPSA) is 116 Å². The molecule has 1 saturated carbocycles. The molecule has 1 unspecified atom stereocenters. The SMILES string of the molecule is C=CC(=O)N[C@H]1CC[C@@H](NC(O)c2sc3nccc4c3c2NC(=O)N4c2ccc(Oc3ccccc3)cc2)CC1. The van der Waals surface area contributed by atoms with Crippen molar-refractivity contribution in [1.82, 2.24) is 15.6 Å². The molecule has 1 aliphatic heterocycles. The molecule has 3 amide bonds. The van der Waals surface area contributed by atoms with Crippen LogP contribution in [0.4, 0.5) is 21.9 Å². The van der Waals surface area contributed by atoms with Crippen molar-refractivity contribution in [2.75, 3.05) is 10.2 Å². The van der Waals surface area contributed by atoms with Gasteiger partial charge in [-0.15, -0.1) is 11.3 Å². The van der Waals surface area contributed by atoms with Gasteiger partial charge in [0.15, 0.2) is 0 Å². The van der Waals surface area contributed by atoms with Gasteiger partial charge in [-0.25, -0.2) is 9.78 Å². The summed E-state index contributed by atoms with van der Waals surface area (Å²) >= 11 is 1.36. The van der Waals surface area contributed by atoms with Gasteiger partial charge < -0.3 is 20.5 Å². The van der Waals surface area contributed by atoms with Gasteiger partial charge in [0.2, 0.25) is 5.91 Å². The Morgan fingerprint density at radius 1 is 1.07 bits per heavy atom. The molecule has 4 N–H and O–H groups in total. The molecule has 6 rings (SSSR count). The Hall–Kier alpha value is -4.25. The molecule has 2 aromatic heterocycles. The molecule has 3 heterocycles. The van der Waals surface area contributed by atoms with E-state index in [0.717, 1.165) is 41.6 Å². The summed E-state index contributed by atoms with van der Waals surface area (Å²) in [5, 5.41) is 21.2. The highest BCUT2D eigenvalue weighted by atomic mass is 32.1. The monoisotopic (exact) mass is 555 g/mol. The van der Waals surface area contributed by atoms with Crippen molar-refractivity contribution in [3.05, 3.63) is 84.4 Å². The summed E-state index contributed by atoms with van der Waals surface area (Å²) in [5.74, 6) is 1.24. The standard InChI is InChI=1S/C30H29N5O4S/c1-2-24(36)32-18-8-10-19(11-9-18)33-28(37)27-26-25-23(16-17-31-29(25)40-27)35(30(38)34-26)20-12-14-22(15-13-20)39-21-6-4-3-5-7-21/h2-7,12-19,28,33,37H,1,8-11H2,(H,32,36)(H,34,38)/t18-,19+,28?. The van der Waals surface area contributed by atoms with E-state index >= 15 is 0 Å². The quantitative estimate of drug-likeness (QED) is 0.157. The highest BCUT2D eigenvalue weighted by Crippen LogP contribution is 2.47. The van der Waals surface area contributed by atoms with Crippen LogP contribution in [-0.4, -0.2) is 34.1 Å². The van der Waals surface area contributed by atoms with Crippen molar-refractivity contribution in [2.24, 2.45) is 0 Å². The number of thiophene rings is 1. The second-order valence-corrected chi connectivity index (χ2v) is 10.9. The number of aliphatic hydroxyl groups is 1. The fourth-order valence-electron chi connectivity index (χ4n) is 5.31. The van der Waals surface area contributed by atoms with Gasteiger partial charge >= 0.3 is 6.03 Å². The van der Waals surface area contributed by atoms with Crippen molar-refractivity contribution in [3.8, 4) is 11.5 Å². The van der Waals surface area contributed by atoms with Crippen LogP contribution in [0.1, 0.15) is 36.8 Å². The summed E-state index contributed by atoms with van der Waals surface area (Å²) < 4.78 is 5.90. The Bertz CT molecular complexity index is 1550. The molecule has 2 aliphatic rings. The number of benzene rings is 2. The Balaban J connectivity index is 1.21. The maximum absolute atomic E-state index is 13.4. The predicted octanol–water partition coefficient (Wildman–Crippen LogP) is 5.97. The Morgan fingerprint density at radius 2 is 1.77 bits per heavy atom. The number of nitrogens with one attached hydrogen (secondary N) is 3. The van der Waals surface area contributed by atoms with Crippen LogP contribution in [0, 0.1) is 0 Å². The van der Waals surface area contributed by atoms with Crippen LogP contribution in [0.25, 0.3) is 10.2 Å². The first-order chi connectivity index (χ1) is 19.5. The van der Waals surface area contributed by atoms with Gasteiger partial charge in [-0.1, -0.05) is 24.8 Å². The number of aliphatic hydroxyl groups excluding tert-OH is 1. The first kappa shape index (κ1) is 26.0. The number of amides is 3. The second kappa shape index (κ2) is 11.1. The van der Waals surface area contributed by atoms with Gasteiger partial charge in [-0.2, -0.15) is 0 Å². The summed E-state index contributed by atoms with van der Waals surface area (Å²) in [7, 11) is 0. The molecule has 0 saturated heterocycles. The van der Waals surface area contributed by atoms with Crippen LogP contribution in [0.15, 0.2) is 79.5 Å². The molecule has 1 fully saturated rings. The number of para-hydroxylation sites is 1. The zero-order valence-electron chi connectivity index (χ0n) is 21.7. The maximum Gasteiger partial charge on any atom is 0.331 e. The summed E-state index contributed by atoms with van der Waals surface area (Å²) in [6.45, 7) is 3.50. The van der Waals surface area contributed by atoms with E-state index in [1.807, 2.05) is 60.7 Å². The van der Waals surface area contributed by atoms with Crippen molar-refractivity contribution in [2.45, 2.75) is 44.0 Å². The normalized spacial score (nSPS) is 19.1. The molecule has 0 spiro atoms. The molecule has 0 bridgehead atoms. The average Bonchev–Trinajstić information content (AvgIpc) is 3.35. The van der Waals surface area contributed by atoms with Crippen molar-refractivity contribution < 1.29 is 19.4 Å². The van der Waals surface area contributed by atoms with Crippen molar-refractivity contribution >= 4 is 50.6 Å². The van der Waals surface area contributed by atoms with Gasteiger partial charge in [0.05, 0.1) is 27.3 Å². The highest BCUT2D eigenvalue weighted by Gasteiger charge is 2.33. The van der Waals surface area contributed by atoms with Crippen LogP contribution in [-0.2, 0) is 4.79 Å². The third-order valence-corrected chi connectivity index (χ3v) is 8.40. The van der Waals surface area contributed by atoms with E-state index in [2.05, 4.69) is 27.5 Å². The third-order valence-electron chi connectivity index (χ3n) is 7.25. The zero-order chi connectivity index (χ0) is 27.6. The van der Waals surface area contributed by atoms with Crippen LogP contribution in [0.2, 0.25) is 0 Å². The number of hydrogen-bond acceptors (Lipinski definition) is 7. The van der Waals surface area contributed by atoms with E-state index in [9.17, 15) is 14.7 Å². The maximum atomic E-state index is 13.4. The predicted molar refractivity (Wildman–Crippen MR) is 156 cm³/mol. The van der Waals surface area contributed by atoms with Crippen LogP contribution in [0.3, 0.4) is 0 Å². The Labute approximate surface area is 235 Å². The van der Waals surface area contributed by atoms with Gasteiger partial charge in [-0.05, 0) is 74.2 Å². The molecule has 0 radical (unpaired) electrons. The molecule has 40 heavy (non-hydrogen) atoms. The zero-order valence-corrected chi connectivity index (χ0v) is 22.5. The van der Waals surface area contributed by atoms with E-state index in [1.54, 1.807) is 11.1 Å². The number of nitrogens with zero attached hydrogens (tertiary/aromatic N) is 2. The molecule has 1 aliphatic carbocycles. The minimum atomic E-state index is -0.965. The molecule has 1 atom stereocenters. The summed E-state index contributed by atoms with van der Waals surface area (Å²) in [6, 6.07) is 18.5. The lowest BCUT2D eigenvalue weighted by Gasteiger charge is -2.31. The average molecular weight is 556 g/mol. The first-order valence-electron chi connectivity index (χ1n) is 13.2. The van der Waals surface area contributed by atoms with Crippen LogP contribution in [0.5, 0.6) is 11.5 Å². The highest BCUT2D eigenvalue weighted by molar-refractivity contribution is 7.19. The first-order valence-corrected chi connectivity index (χ1v) is 14.0. The smallest absolute Gasteiger partial charge is 0.331 e. The van der Waals surface area contributed by atoms with E-state index in [-0.39, 0.29) is 24.0 Å². The number of rotatable bonds is 8. The van der Waals surface area contributed by atoms with Crippen LogP contribution < -0.4 is 25.6 Å². The second-order valence-electron chi connectivity index (χ2n) is 9.86. The Morgan fingerprint density at radius 3 is 2.50 bits per heavy atom. The largest absolute Gasteiger partial charge is 0.457 e. The third kappa shape index (κ3) is 5.16. The molecule has 9 nitrogen and oxygen atoms in total. The Kier molecular flexibility index (Phi) is 7.21. The number of carbonyl (C=O) groups is 2. The number of carbonyl (C=O) groups excluding carboxylic acids is 2. The number of anilines is 3. The molecule has 204 valence electrons. The van der Waals surface area contributed by atoms with Gasteiger partial charge in [0, 0.05) is 18.3 Å².